The summed E-state index contributed by atoms with van der Waals surface area (Å²) in [6, 6.07) is 15.5. The van der Waals surface area contributed by atoms with Gasteiger partial charge < -0.3 is 28.4 Å². The van der Waals surface area contributed by atoms with Crippen molar-refractivity contribution in [3.05, 3.63) is 77.4 Å². The molecule has 43 heavy (non-hydrogen) atoms. The van der Waals surface area contributed by atoms with Crippen molar-refractivity contribution in [2.75, 3.05) is 20.3 Å². The zero-order chi connectivity index (χ0) is 30.8. The number of epoxide rings is 1. The molecule has 0 saturated carbocycles. The lowest BCUT2D eigenvalue weighted by Gasteiger charge is -2.34. The van der Waals surface area contributed by atoms with Gasteiger partial charge in [0.2, 0.25) is 0 Å². The topological polar surface area (TPSA) is 75.8 Å². The molecule has 0 spiro atoms. The monoisotopic (exact) mass is 592 g/mol. The highest BCUT2D eigenvalue weighted by molar-refractivity contribution is 5.87. The Bertz CT molecular complexity index is 1210. The highest BCUT2D eigenvalue weighted by Gasteiger charge is 2.59. The molecule has 2 aromatic carbocycles. The van der Waals surface area contributed by atoms with Crippen LogP contribution in [-0.4, -0.2) is 56.3 Å². The number of carbonyl (C=O) groups excluding carboxylic acids is 1. The minimum atomic E-state index is -0.393. The fourth-order valence-electron chi connectivity index (χ4n) is 5.62. The Labute approximate surface area is 257 Å². The van der Waals surface area contributed by atoms with Gasteiger partial charge in [0.05, 0.1) is 30.5 Å². The second-order valence-electron chi connectivity index (χ2n) is 12.1. The van der Waals surface area contributed by atoms with Gasteiger partial charge in [0.1, 0.15) is 17.6 Å². The lowest BCUT2D eigenvalue weighted by Crippen LogP contribution is -2.45. The average Bonchev–Trinajstić information content (AvgIpc) is 3.63. The third kappa shape index (κ3) is 9.77. The normalized spacial score (nSPS) is 25.9. The second-order valence-corrected chi connectivity index (χ2v) is 12.1. The molecular weight excluding hydrogens is 544 g/mol. The Hall–Kier alpha value is -2.97. The molecule has 0 radical (unpaired) electrons. The summed E-state index contributed by atoms with van der Waals surface area (Å²) in [7, 11) is 1.70. The molecule has 234 valence electrons. The average molecular weight is 593 g/mol. The fourth-order valence-corrected chi connectivity index (χ4v) is 5.62. The van der Waals surface area contributed by atoms with Crippen LogP contribution < -0.4 is 4.74 Å². The predicted octanol–water partition coefficient (Wildman–Crippen LogP) is 7.67. The smallest absolute Gasteiger partial charge is 0.331 e. The standard InChI is InChI=1S/C36H48O7/c1-25(2)9-19-33-36(5,43-33)31-21-23-39-22-7-8-32(35(31)38-6)42-34(37)20-14-27-10-15-29(16-11-27)41-30-17-12-28(13-18-30)24-40-26(3)4/h9-18,20,26,31-33,35H,7-8,19,21-24H2,1-6H3/b20-14+/t31-,32-,33+,35+,36?/m1/s1. The van der Waals surface area contributed by atoms with Crippen molar-refractivity contribution in [2.24, 2.45) is 5.92 Å². The summed E-state index contributed by atoms with van der Waals surface area (Å²) in [4.78, 5) is 13.0. The number of allylic oxidation sites excluding steroid dienone is 1. The van der Waals surface area contributed by atoms with E-state index in [-0.39, 0.29) is 29.8 Å². The van der Waals surface area contributed by atoms with E-state index in [1.54, 1.807) is 13.2 Å². The van der Waals surface area contributed by atoms with Crippen LogP contribution in [0.15, 0.2) is 66.3 Å². The van der Waals surface area contributed by atoms with Gasteiger partial charge in [-0.15, -0.1) is 0 Å². The molecule has 2 heterocycles. The summed E-state index contributed by atoms with van der Waals surface area (Å²) >= 11 is 0. The third-order valence-electron chi connectivity index (χ3n) is 8.14. The minimum Gasteiger partial charge on any atom is -0.457 e. The molecule has 0 amide bonds. The minimum absolute atomic E-state index is 0.0464. The van der Waals surface area contributed by atoms with Crippen LogP contribution in [0.5, 0.6) is 11.5 Å². The Kier molecular flexibility index (Phi) is 12.0. The molecule has 2 saturated heterocycles. The van der Waals surface area contributed by atoms with Crippen LogP contribution >= 0.6 is 0 Å². The molecule has 1 unspecified atom stereocenters. The zero-order valence-corrected chi connectivity index (χ0v) is 26.5. The molecule has 0 aliphatic carbocycles. The Morgan fingerprint density at radius 3 is 2.37 bits per heavy atom. The first kappa shape index (κ1) is 32.9. The first-order valence-corrected chi connectivity index (χ1v) is 15.5. The molecule has 2 aliphatic rings. The lowest BCUT2D eigenvalue weighted by molar-refractivity contribution is -0.155. The quantitative estimate of drug-likeness (QED) is 0.108. The van der Waals surface area contributed by atoms with E-state index in [1.165, 1.54) is 11.6 Å². The maximum Gasteiger partial charge on any atom is 0.331 e. The summed E-state index contributed by atoms with van der Waals surface area (Å²) in [5.74, 6) is 1.12. The van der Waals surface area contributed by atoms with Crippen molar-refractivity contribution in [3.63, 3.8) is 0 Å². The van der Waals surface area contributed by atoms with Crippen molar-refractivity contribution in [1.29, 1.82) is 0 Å². The Morgan fingerprint density at radius 2 is 1.72 bits per heavy atom. The third-order valence-corrected chi connectivity index (χ3v) is 8.14. The van der Waals surface area contributed by atoms with Crippen molar-refractivity contribution in [3.8, 4) is 11.5 Å². The lowest BCUT2D eigenvalue weighted by atomic mass is 9.80. The van der Waals surface area contributed by atoms with Gasteiger partial charge in [0.15, 0.2) is 0 Å². The van der Waals surface area contributed by atoms with Gasteiger partial charge in [0.25, 0.3) is 0 Å². The maximum absolute atomic E-state index is 13.0. The van der Waals surface area contributed by atoms with Crippen LogP contribution in [0.4, 0.5) is 0 Å². The molecule has 4 rings (SSSR count). The highest BCUT2D eigenvalue weighted by Crippen LogP contribution is 2.49. The molecular formula is C36H48O7. The Balaban J connectivity index is 1.35. The van der Waals surface area contributed by atoms with Crippen molar-refractivity contribution < 1.29 is 33.2 Å². The zero-order valence-electron chi connectivity index (χ0n) is 26.5. The summed E-state index contributed by atoms with van der Waals surface area (Å²) in [6.45, 7) is 12.2. The van der Waals surface area contributed by atoms with E-state index in [1.807, 2.05) is 62.4 Å². The highest BCUT2D eigenvalue weighted by atomic mass is 16.6. The first-order chi connectivity index (χ1) is 20.7. The molecule has 0 bridgehead atoms. The van der Waals surface area contributed by atoms with Gasteiger partial charge >= 0.3 is 5.97 Å². The Morgan fingerprint density at radius 1 is 1.02 bits per heavy atom. The maximum atomic E-state index is 13.0. The van der Waals surface area contributed by atoms with Gasteiger partial charge in [-0.3, -0.25) is 0 Å². The first-order valence-electron chi connectivity index (χ1n) is 15.5. The molecule has 7 nitrogen and oxygen atoms in total. The van der Waals surface area contributed by atoms with Crippen LogP contribution in [0.2, 0.25) is 0 Å². The van der Waals surface area contributed by atoms with Crippen LogP contribution in [-0.2, 0) is 35.1 Å². The molecule has 5 atom stereocenters. The number of rotatable bonds is 12. The number of ether oxygens (including phenoxy) is 6. The summed E-state index contributed by atoms with van der Waals surface area (Å²) < 4.78 is 35.8. The van der Waals surface area contributed by atoms with E-state index >= 15 is 0 Å². The van der Waals surface area contributed by atoms with Gasteiger partial charge in [-0.05, 0) is 102 Å². The van der Waals surface area contributed by atoms with E-state index in [9.17, 15) is 4.79 Å². The summed E-state index contributed by atoms with van der Waals surface area (Å²) in [6.07, 6.45) is 8.21. The van der Waals surface area contributed by atoms with E-state index in [0.717, 1.165) is 36.1 Å². The van der Waals surface area contributed by atoms with Gasteiger partial charge in [-0.2, -0.15) is 0 Å². The van der Waals surface area contributed by atoms with E-state index in [0.29, 0.717) is 32.0 Å². The summed E-state index contributed by atoms with van der Waals surface area (Å²) in [5, 5.41) is 0. The molecule has 7 heteroatoms. The molecule has 2 aromatic rings. The SMILES string of the molecule is CO[C@H]1[C@H](C2(C)O[C@H]2CC=C(C)C)CCOCCC[C@H]1OC(=O)/C=C/c1ccc(Oc2ccc(COC(C)C)cc2)cc1. The van der Waals surface area contributed by atoms with Gasteiger partial charge in [0, 0.05) is 32.3 Å². The van der Waals surface area contributed by atoms with E-state index < -0.39 is 12.1 Å². The number of hydrogen-bond acceptors (Lipinski definition) is 7. The molecule has 2 fully saturated rings. The summed E-state index contributed by atoms with van der Waals surface area (Å²) in [5.41, 5.74) is 2.91. The van der Waals surface area contributed by atoms with Crippen molar-refractivity contribution >= 4 is 12.0 Å². The number of carbonyl (C=O) groups is 1. The predicted molar refractivity (Wildman–Crippen MR) is 168 cm³/mol. The van der Waals surface area contributed by atoms with Crippen LogP contribution in [0, 0.1) is 5.92 Å². The number of methoxy groups -OCH3 is 1. The van der Waals surface area contributed by atoms with Crippen molar-refractivity contribution in [1.82, 2.24) is 0 Å². The molecule has 0 N–H and O–H groups in total. The van der Waals surface area contributed by atoms with Crippen LogP contribution in [0.1, 0.15) is 71.4 Å². The van der Waals surface area contributed by atoms with Crippen LogP contribution in [0.3, 0.4) is 0 Å². The number of esters is 1. The van der Waals surface area contributed by atoms with E-state index in [4.69, 9.17) is 28.4 Å². The van der Waals surface area contributed by atoms with Gasteiger partial charge in [-0.1, -0.05) is 35.9 Å². The van der Waals surface area contributed by atoms with E-state index in [2.05, 4.69) is 26.8 Å². The number of benzene rings is 2. The molecule has 2 aliphatic heterocycles. The largest absolute Gasteiger partial charge is 0.457 e. The van der Waals surface area contributed by atoms with Gasteiger partial charge in [-0.25, -0.2) is 4.79 Å². The fraction of sp³-hybridized carbons (Fsp3) is 0.528. The molecule has 0 aromatic heterocycles. The number of hydrogen-bond donors (Lipinski definition) is 0. The van der Waals surface area contributed by atoms with Crippen molar-refractivity contribution in [2.45, 2.75) is 96.9 Å². The second kappa shape index (κ2) is 15.7. The van der Waals surface area contributed by atoms with Crippen LogP contribution in [0.25, 0.3) is 6.08 Å².